The maximum absolute atomic E-state index is 3.89. The minimum Gasteiger partial charge on any atom is -0.312 e. The van der Waals surface area contributed by atoms with E-state index in [1.54, 1.807) is 0 Å². The van der Waals surface area contributed by atoms with E-state index in [0.29, 0.717) is 0 Å². The Morgan fingerprint density at radius 2 is 1.84 bits per heavy atom. The van der Waals surface area contributed by atoms with Gasteiger partial charge in [-0.3, -0.25) is 0 Å². The maximum Gasteiger partial charge on any atom is 0.0198 e. The lowest BCUT2D eigenvalue weighted by Crippen LogP contribution is -2.51. The van der Waals surface area contributed by atoms with Crippen LogP contribution in [0.3, 0.4) is 0 Å². The van der Waals surface area contributed by atoms with E-state index in [1.165, 1.54) is 64.7 Å². The van der Waals surface area contributed by atoms with Gasteiger partial charge in [0.25, 0.3) is 0 Å². The zero-order valence-corrected chi connectivity index (χ0v) is 12.9. The van der Waals surface area contributed by atoms with Crippen LogP contribution in [-0.2, 0) is 0 Å². The summed E-state index contributed by atoms with van der Waals surface area (Å²) < 4.78 is 0. The van der Waals surface area contributed by atoms with E-state index in [9.17, 15) is 0 Å². The molecule has 3 fully saturated rings. The van der Waals surface area contributed by atoms with E-state index in [-0.39, 0.29) is 0 Å². The minimum atomic E-state index is 0.764. The normalized spacial score (nSPS) is 33.6. The van der Waals surface area contributed by atoms with E-state index in [4.69, 9.17) is 0 Å². The second-order valence-electron chi connectivity index (χ2n) is 7.80. The van der Waals surface area contributed by atoms with Gasteiger partial charge in [-0.2, -0.15) is 0 Å². The molecule has 3 rings (SSSR count). The lowest BCUT2D eigenvalue weighted by molar-refractivity contribution is 0.107. The average Bonchev–Trinajstić information content (AvgIpc) is 3.10. The molecule has 2 saturated carbocycles. The largest absolute Gasteiger partial charge is 0.312 e. The molecule has 0 aromatic rings. The van der Waals surface area contributed by atoms with Crippen LogP contribution in [0, 0.1) is 23.7 Å². The highest BCUT2D eigenvalue weighted by molar-refractivity contribution is 4.88. The number of hydrogen-bond donors (Lipinski definition) is 1. The van der Waals surface area contributed by atoms with Crippen molar-refractivity contribution in [2.75, 3.05) is 26.2 Å². The van der Waals surface area contributed by atoms with Gasteiger partial charge in [-0.05, 0) is 62.3 Å². The first-order valence-electron chi connectivity index (χ1n) is 8.66. The Morgan fingerprint density at radius 3 is 2.42 bits per heavy atom. The van der Waals surface area contributed by atoms with Crippen molar-refractivity contribution in [1.29, 1.82) is 0 Å². The van der Waals surface area contributed by atoms with E-state index >= 15 is 0 Å². The van der Waals surface area contributed by atoms with Gasteiger partial charge in [0.15, 0.2) is 0 Å². The molecular formula is C17H32N2. The Balaban J connectivity index is 1.48. The molecule has 0 aromatic carbocycles. The standard InChI is InChI=1S/C17H32N2/c1-13(2)16-8-17(18-9-14-4-3-5-14)12-19(11-16)10-15-6-7-15/h13-18H,3-12H2,1-2H3. The summed E-state index contributed by atoms with van der Waals surface area (Å²) in [5.74, 6) is 3.79. The van der Waals surface area contributed by atoms with Gasteiger partial charge in [0, 0.05) is 25.7 Å². The van der Waals surface area contributed by atoms with Crippen molar-refractivity contribution in [2.45, 2.75) is 58.4 Å². The molecular weight excluding hydrogens is 232 g/mol. The number of hydrogen-bond acceptors (Lipinski definition) is 2. The molecule has 1 heterocycles. The van der Waals surface area contributed by atoms with Gasteiger partial charge in [-0.1, -0.05) is 20.3 Å². The number of likely N-dealkylation sites (tertiary alicyclic amines) is 1. The van der Waals surface area contributed by atoms with Gasteiger partial charge < -0.3 is 10.2 Å². The van der Waals surface area contributed by atoms with Crippen LogP contribution in [0.25, 0.3) is 0 Å². The molecule has 2 atom stereocenters. The Hall–Kier alpha value is -0.0800. The zero-order valence-electron chi connectivity index (χ0n) is 12.9. The Kier molecular flexibility index (Phi) is 4.48. The predicted molar refractivity (Wildman–Crippen MR) is 81.2 cm³/mol. The van der Waals surface area contributed by atoms with Crippen LogP contribution in [0.5, 0.6) is 0 Å². The summed E-state index contributed by atoms with van der Waals surface area (Å²) in [6.45, 7) is 10.2. The fraction of sp³-hybridized carbons (Fsp3) is 1.00. The quantitative estimate of drug-likeness (QED) is 0.793. The summed E-state index contributed by atoms with van der Waals surface area (Å²) in [6.07, 6.45) is 8.80. The number of rotatable bonds is 6. The Bertz CT molecular complexity index is 281. The van der Waals surface area contributed by atoms with Gasteiger partial charge in [0.2, 0.25) is 0 Å². The van der Waals surface area contributed by atoms with Crippen molar-refractivity contribution in [2.24, 2.45) is 23.7 Å². The molecule has 1 aliphatic heterocycles. The highest BCUT2D eigenvalue weighted by atomic mass is 15.2. The van der Waals surface area contributed by atoms with Gasteiger partial charge in [0.1, 0.15) is 0 Å². The zero-order chi connectivity index (χ0) is 13.2. The first-order valence-corrected chi connectivity index (χ1v) is 8.66. The van der Waals surface area contributed by atoms with Crippen LogP contribution in [0.4, 0.5) is 0 Å². The molecule has 2 heteroatoms. The second kappa shape index (κ2) is 6.13. The average molecular weight is 264 g/mol. The van der Waals surface area contributed by atoms with Crippen LogP contribution in [-0.4, -0.2) is 37.1 Å². The summed E-state index contributed by atoms with van der Waals surface area (Å²) in [6, 6.07) is 0.764. The van der Waals surface area contributed by atoms with Crippen LogP contribution < -0.4 is 5.32 Å². The van der Waals surface area contributed by atoms with Crippen LogP contribution >= 0.6 is 0 Å². The Morgan fingerprint density at radius 1 is 1.05 bits per heavy atom. The lowest BCUT2D eigenvalue weighted by Gasteiger charge is -2.41. The van der Waals surface area contributed by atoms with Gasteiger partial charge in [-0.15, -0.1) is 0 Å². The van der Waals surface area contributed by atoms with Gasteiger partial charge in [-0.25, -0.2) is 0 Å². The third kappa shape index (κ3) is 3.95. The Labute approximate surface area is 119 Å². The molecule has 2 aliphatic carbocycles. The molecule has 0 spiro atoms. The van der Waals surface area contributed by atoms with Crippen molar-refractivity contribution < 1.29 is 0 Å². The molecule has 1 N–H and O–H groups in total. The monoisotopic (exact) mass is 264 g/mol. The molecule has 0 radical (unpaired) electrons. The first kappa shape index (κ1) is 13.9. The second-order valence-corrected chi connectivity index (χ2v) is 7.80. The summed E-state index contributed by atoms with van der Waals surface area (Å²) >= 11 is 0. The smallest absolute Gasteiger partial charge is 0.0198 e. The molecule has 19 heavy (non-hydrogen) atoms. The summed E-state index contributed by atoms with van der Waals surface area (Å²) in [4.78, 5) is 2.77. The van der Waals surface area contributed by atoms with Crippen molar-refractivity contribution in [3.05, 3.63) is 0 Å². The fourth-order valence-corrected chi connectivity index (χ4v) is 3.71. The minimum absolute atomic E-state index is 0.764. The van der Waals surface area contributed by atoms with Crippen molar-refractivity contribution in [1.82, 2.24) is 10.2 Å². The lowest BCUT2D eigenvalue weighted by atomic mass is 9.83. The molecule has 2 unspecified atom stereocenters. The highest BCUT2D eigenvalue weighted by Gasteiger charge is 2.32. The van der Waals surface area contributed by atoms with Crippen molar-refractivity contribution in [3.63, 3.8) is 0 Å². The van der Waals surface area contributed by atoms with Gasteiger partial charge in [0.05, 0.1) is 0 Å². The topological polar surface area (TPSA) is 15.3 Å². The van der Waals surface area contributed by atoms with E-state index in [1.807, 2.05) is 0 Å². The van der Waals surface area contributed by atoms with Crippen molar-refractivity contribution in [3.8, 4) is 0 Å². The fourth-order valence-electron chi connectivity index (χ4n) is 3.71. The van der Waals surface area contributed by atoms with E-state index in [0.717, 1.165) is 29.7 Å². The number of nitrogens with one attached hydrogen (secondary N) is 1. The van der Waals surface area contributed by atoms with E-state index < -0.39 is 0 Å². The van der Waals surface area contributed by atoms with Crippen LogP contribution in [0.2, 0.25) is 0 Å². The molecule has 0 aromatic heterocycles. The molecule has 110 valence electrons. The third-order valence-corrected chi connectivity index (χ3v) is 5.63. The van der Waals surface area contributed by atoms with E-state index in [2.05, 4.69) is 24.1 Å². The SMILES string of the molecule is CC(C)C1CC(NCC2CCC2)CN(CC2CC2)C1. The van der Waals surface area contributed by atoms with Crippen LogP contribution in [0.15, 0.2) is 0 Å². The molecule has 1 saturated heterocycles. The summed E-state index contributed by atoms with van der Waals surface area (Å²) in [5, 5.41) is 3.89. The third-order valence-electron chi connectivity index (χ3n) is 5.63. The predicted octanol–water partition coefficient (Wildman–Crippen LogP) is 3.13. The van der Waals surface area contributed by atoms with Crippen LogP contribution in [0.1, 0.15) is 52.4 Å². The molecule has 0 bridgehead atoms. The number of nitrogens with zero attached hydrogens (tertiary/aromatic N) is 1. The first-order chi connectivity index (χ1) is 9.20. The van der Waals surface area contributed by atoms with Gasteiger partial charge >= 0.3 is 0 Å². The molecule has 2 nitrogen and oxygen atoms in total. The number of piperidine rings is 1. The summed E-state index contributed by atoms with van der Waals surface area (Å²) in [7, 11) is 0. The summed E-state index contributed by atoms with van der Waals surface area (Å²) in [5.41, 5.74) is 0. The highest BCUT2D eigenvalue weighted by Crippen LogP contribution is 2.32. The molecule has 3 aliphatic rings. The van der Waals surface area contributed by atoms with Crippen molar-refractivity contribution >= 4 is 0 Å². The maximum atomic E-state index is 3.89. The molecule has 0 amide bonds.